The van der Waals surface area contributed by atoms with E-state index >= 15 is 0 Å². The van der Waals surface area contributed by atoms with Gasteiger partial charge in [0.2, 0.25) is 0 Å². The second-order valence-corrected chi connectivity index (χ2v) is 3.49. The Labute approximate surface area is 73.0 Å². The lowest BCUT2D eigenvalue weighted by Crippen LogP contribution is -1.90. The van der Waals surface area contributed by atoms with Gasteiger partial charge in [0, 0.05) is 12.7 Å². The standard InChI is InChI=1S/C8H8N2OS/c1-9-5-2-3-7-6(4-5)10-8(11)12-7/h2-4,9H,1H3,(H,10,11). The Balaban J connectivity index is 2.74. The molecule has 0 amide bonds. The molecule has 2 N–H and O–H groups in total. The average Bonchev–Trinajstić information content (AvgIpc) is 2.43. The summed E-state index contributed by atoms with van der Waals surface area (Å²) in [6.45, 7) is 0. The molecule has 0 bridgehead atoms. The number of thiazole rings is 1. The average molecular weight is 180 g/mol. The molecule has 1 heterocycles. The van der Waals surface area contributed by atoms with E-state index in [2.05, 4.69) is 10.3 Å². The van der Waals surface area contributed by atoms with Crippen LogP contribution in [0, 0.1) is 0 Å². The smallest absolute Gasteiger partial charge is 0.305 e. The molecule has 0 saturated carbocycles. The van der Waals surface area contributed by atoms with Crippen LogP contribution in [0.3, 0.4) is 0 Å². The molecule has 0 aliphatic carbocycles. The van der Waals surface area contributed by atoms with Crippen LogP contribution in [0.5, 0.6) is 0 Å². The SMILES string of the molecule is CNc1ccc2sc(=O)[nH]c2c1. The Hall–Kier alpha value is -1.29. The van der Waals surface area contributed by atoms with Gasteiger partial charge in [0.05, 0.1) is 10.2 Å². The lowest BCUT2D eigenvalue weighted by atomic mass is 10.3. The Morgan fingerprint density at radius 1 is 1.50 bits per heavy atom. The number of fused-ring (bicyclic) bond motifs is 1. The van der Waals surface area contributed by atoms with Crippen LogP contribution in [0.2, 0.25) is 0 Å². The van der Waals surface area contributed by atoms with E-state index in [1.807, 2.05) is 25.2 Å². The van der Waals surface area contributed by atoms with E-state index in [9.17, 15) is 4.79 Å². The Morgan fingerprint density at radius 3 is 3.08 bits per heavy atom. The Morgan fingerprint density at radius 2 is 2.33 bits per heavy atom. The number of aromatic nitrogens is 1. The number of anilines is 1. The van der Waals surface area contributed by atoms with Crippen LogP contribution in [-0.2, 0) is 0 Å². The lowest BCUT2D eigenvalue weighted by molar-refractivity contribution is 1.40. The summed E-state index contributed by atoms with van der Waals surface area (Å²) in [7, 11) is 1.85. The summed E-state index contributed by atoms with van der Waals surface area (Å²) in [6.07, 6.45) is 0. The largest absolute Gasteiger partial charge is 0.388 e. The van der Waals surface area contributed by atoms with E-state index in [4.69, 9.17) is 0 Å². The van der Waals surface area contributed by atoms with E-state index in [0.29, 0.717) is 0 Å². The fourth-order valence-electron chi connectivity index (χ4n) is 1.11. The maximum Gasteiger partial charge on any atom is 0.305 e. The van der Waals surface area contributed by atoms with Gasteiger partial charge in [-0.25, -0.2) is 0 Å². The predicted octanol–water partition coefficient (Wildman–Crippen LogP) is 1.63. The third-order valence-corrected chi connectivity index (χ3v) is 2.57. The molecule has 0 saturated heterocycles. The molecule has 4 heteroatoms. The maximum absolute atomic E-state index is 10.9. The highest BCUT2D eigenvalue weighted by Crippen LogP contribution is 2.18. The summed E-state index contributed by atoms with van der Waals surface area (Å²) >= 11 is 1.23. The molecule has 0 radical (unpaired) electrons. The first-order valence-electron chi connectivity index (χ1n) is 3.60. The van der Waals surface area contributed by atoms with Crippen LogP contribution in [-0.4, -0.2) is 12.0 Å². The normalized spacial score (nSPS) is 10.4. The summed E-state index contributed by atoms with van der Waals surface area (Å²) in [5, 5.41) is 3.01. The van der Waals surface area contributed by atoms with Crippen molar-refractivity contribution in [3.05, 3.63) is 27.9 Å². The Bertz CT molecular complexity index is 457. The number of hydrogen-bond donors (Lipinski definition) is 2. The maximum atomic E-state index is 10.9. The lowest BCUT2D eigenvalue weighted by Gasteiger charge is -1.97. The minimum Gasteiger partial charge on any atom is -0.388 e. The zero-order valence-corrected chi connectivity index (χ0v) is 7.37. The van der Waals surface area contributed by atoms with Crippen molar-refractivity contribution in [3.63, 3.8) is 0 Å². The van der Waals surface area contributed by atoms with Gasteiger partial charge in [-0.2, -0.15) is 0 Å². The highest BCUT2D eigenvalue weighted by atomic mass is 32.1. The molecule has 2 rings (SSSR count). The predicted molar refractivity (Wildman–Crippen MR) is 52.0 cm³/mol. The molecule has 0 fully saturated rings. The fourth-order valence-corrected chi connectivity index (χ4v) is 1.82. The molecule has 0 spiro atoms. The molecule has 0 aliphatic heterocycles. The van der Waals surface area contributed by atoms with Crippen molar-refractivity contribution in [3.8, 4) is 0 Å². The topological polar surface area (TPSA) is 44.9 Å². The van der Waals surface area contributed by atoms with Crippen molar-refractivity contribution >= 4 is 27.2 Å². The quantitative estimate of drug-likeness (QED) is 0.700. The van der Waals surface area contributed by atoms with E-state index in [0.717, 1.165) is 15.9 Å². The molecule has 1 aromatic heterocycles. The number of nitrogens with one attached hydrogen (secondary N) is 2. The van der Waals surface area contributed by atoms with Gasteiger partial charge >= 0.3 is 4.87 Å². The number of benzene rings is 1. The first-order valence-corrected chi connectivity index (χ1v) is 4.42. The van der Waals surface area contributed by atoms with Crippen molar-refractivity contribution in [2.45, 2.75) is 0 Å². The van der Waals surface area contributed by atoms with Gasteiger partial charge in [-0.05, 0) is 18.2 Å². The van der Waals surface area contributed by atoms with Crippen LogP contribution in [0.1, 0.15) is 0 Å². The van der Waals surface area contributed by atoms with Crippen LogP contribution in [0.4, 0.5) is 5.69 Å². The molecule has 3 nitrogen and oxygen atoms in total. The van der Waals surface area contributed by atoms with Gasteiger partial charge in [-0.15, -0.1) is 0 Å². The van der Waals surface area contributed by atoms with Crippen LogP contribution in [0.25, 0.3) is 10.2 Å². The summed E-state index contributed by atoms with van der Waals surface area (Å²) in [6, 6.07) is 5.81. The zero-order valence-electron chi connectivity index (χ0n) is 6.55. The highest BCUT2D eigenvalue weighted by molar-refractivity contribution is 7.16. The molecule has 2 aromatic rings. The van der Waals surface area contributed by atoms with Crippen LogP contribution < -0.4 is 10.2 Å². The minimum atomic E-state index is -0.00162. The summed E-state index contributed by atoms with van der Waals surface area (Å²) < 4.78 is 0.999. The van der Waals surface area contributed by atoms with Gasteiger partial charge < -0.3 is 10.3 Å². The van der Waals surface area contributed by atoms with Crippen molar-refractivity contribution in [2.24, 2.45) is 0 Å². The molecular weight excluding hydrogens is 172 g/mol. The summed E-state index contributed by atoms with van der Waals surface area (Å²) in [5.41, 5.74) is 1.91. The first-order chi connectivity index (χ1) is 5.79. The monoisotopic (exact) mass is 180 g/mol. The van der Waals surface area contributed by atoms with E-state index < -0.39 is 0 Å². The van der Waals surface area contributed by atoms with Gasteiger partial charge in [-0.1, -0.05) is 11.3 Å². The van der Waals surface area contributed by atoms with Gasteiger partial charge in [-0.3, -0.25) is 4.79 Å². The van der Waals surface area contributed by atoms with Crippen LogP contribution in [0.15, 0.2) is 23.0 Å². The second-order valence-electron chi connectivity index (χ2n) is 2.48. The van der Waals surface area contributed by atoms with Gasteiger partial charge in [0.1, 0.15) is 0 Å². The van der Waals surface area contributed by atoms with E-state index in [1.54, 1.807) is 0 Å². The van der Waals surface area contributed by atoms with Crippen molar-refractivity contribution < 1.29 is 0 Å². The van der Waals surface area contributed by atoms with E-state index in [-0.39, 0.29) is 4.87 Å². The van der Waals surface area contributed by atoms with E-state index in [1.165, 1.54) is 11.3 Å². The number of rotatable bonds is 1. The third-order valence-electron chi connectivity index (χ3n) is 1.71. The molecule has 1 aromatic carbocycles. The zero-order chi connectivity index (χ0) is 8.55. The number of aromatic amines is 1. The van der Waals surface area contributed by atoms with Gasteiger partial charge in [0.25, 0.3) is 0 Å². The first kappa shape index (κ1) is 7.36. The van der Waals surface area contributed by atoms with Crippen LogP contribution >= 0.6 is 11.3 Å². The summed E-state index contributed by atoms with van der Waals surface area (Å²) in [4.78, 5) is 13.7. The van der Waals surface area contributed by atoms with Gasteiger partial charge in [0.15, 0.2) is 0 Å². The fraction of sp³-hybridized carbons (Fsp3) is 0.125. The highest BCUT2D eigenvalue weighted by Gasteiger charge is 1.98. The third kappa shape index (κ3) is 1.10. The summed E-state index contributed by atoms with van der Waals surface area (Å²) in [5.74, 6) is 0. The molecular formula is C8H8N2OS. The molecule has 0 unspecified atom stereocenters. The second kappa shape index (κ2) is 2.64. The Kier molecular flexibility index (Phi) is 1.62. The van der Waals surface area contributed by atoms with Crippen molar-refractivity contribution in [1.82, 2.24) is 4.98 Å². The number of H-pyrrole nitrogens is 1. The number of hydrogen-bond acceptors (Lipinski definition) is 3. The van der Waals surface area contributed by atoms with Crippen molar-refractivity contribution in [2.75, 3.05) is 12.4 Å². The minimum absolute atomic E-state index is 0.00162. The molecule has 0 atom stereocenters. The molecule has 62 valence electrons. The molecule has 12 heavy (non-hydrogen) atoms. The molecule has 0 aliphatic rings. The van der Waals surface area contributed by atoms with Crippen molar-refractivity contribution in [1.29, 1.82) is 0 Å².